The van der Waals surface area contributed by atoms with Crippen molar-refractivity contribution in [3.05, 3.63) is 101 Å². The Kier molecular flexibility index (Phi) is 6.77. The molecule has 0 radical (unpaired) electrons. The van der Waals surface area contributed by atoms with Gasteiger partial charge in [0.1, 0.15) is 5.75 Å². The van der Waals surface area contributed by atoms with Crippen molar-refractivity contribution in [1.29, 1.82) is 0 Å². The first-order chi connectivity index (χ1) is 17.9. The molecule has 3 N–H and O–H groups in total. The molecule has 1 heterocycles. The van der Waals surface area contributed by atoms with Crippen LogP contribution in [0.3, 0.4) is 0 Å². The van der Waals surface area contributed by atoms with Crippen LogP contribution in [0.25, 0.3) is 11.3 Å². The summed E-state index contributed by atoms with van der Waals surface area (Å²) in [7, 11) is 0. The van der Waals surface area contributed by atoms with Crippen LogP contribution in [0.5, 0.6) is 5.75 Å². The number of carbonyl (C=O) groups excluding carboxylic acids is 2. The fourth-order valence-electron chi connectivity index (χ4n) is 4.60. The Hall–Kier alpha value is -4.39. The van der Waals surface area contributed by atoms with Crippen molar-refractivity contribution in [1.82, 2.24) is 15.1 Å². The van der Waals surface area contributed by atoms with Gasteiger partial charge < -0.3 is 15.7 Å². The van der Waals surface area contributed by atoms with Crippen LogP contribution in [0.2, 0.25) is 0 Å². The van der Waals surface area contributed by atoms with E-state index in [1.807, 2.05) is 62.4 Å². The summed E-state index contributed by atoms with van der Waals surface area (Å²) in [6.07, 6.45) is 3.10. The van der Waals surface area contributed by atoms with Crippen LogP contribution in [-0.4, -0.2) is 26.8 Å². The van der Waals surface area contributed by atoms with Gasteiger partial charge in [0.2, 0.25) is 0 Å². The standard InChI is InChI=1S/C30H30N4O3/c1-19-7-5-9-21(15-19)18-31-30(37)34-27(22-10-6-11-22)17-26(33-34)25-16-23(13-14-28(25)35)32-29(36)24-12-4-3-8-20(24)2/h3-5,7-9,12-17,22,35H,6,10-11,18H2,1-2H3,(H,31,37)(H,32,36). The van der Waals surface area contributed by atoms with E-state index in [9.17, 15) is 14.7 Å². The van der Waals surface area contributed by atoms with E-state index in [1.165, 1.54) is 10.7 Å². The van der Waals surface area contributed by atoms with E-state index in [0.717, 1.165) is 41.6 Å². The molecule has 1 aliphatic rings. The Morgan fingerprint density at radius 2 is 1.81 bits per heavy atom. The van der Waals surface area contributed by atoms with Crippen LogP contribution in [-0.2, 0) is 6.54 Å². The first kappa shape index (κ1) is 24.3. The molecule has 7 heteroatoms. The molecular formula is C30H30N4O3. The van der Waals surface area contributed by atoms with Crippen LogP contribution in [0.15, 0.2) is 72.8 Å². The van der Waals surface area contributed by atoms with Gasteiger partial charge in [0.25, 0.3) is 5.91 Å². The number of nitrogens with one attached hydrogen (secondary N) is 2. The molecule has 0 saturated heterocycles. The number of carbonyl (C=O) groups is 2. The fraction of sp³-hybridized carbons (Fsp3) is 0.233. The average Bonchev–Trinajstić information content (AvgIpc) is 3.27. The number of phenols is 1. The summed E-state index contributed by atoms with van der Waals surface area (Å²) in [6.45, 7) is 4.30. The zero-order valence-corrected chi connectivity index (χ0v) is 21.0. The number of aromatic hydroxyl groups is 1. The summed E-state index contributed by atoms with van der Waals surface area (Å²) < 4.78 is 1.42. The zero-order chi connectivity index (χ0) is 25.9. The molecule has 1 aromatic heterocycles. The van der Waals surface area contributed by atoms with Crippen LogP contribution in [0, 0.1) is 13.8 Å². The van der Waals surface area contributed by atoms with E-state index >= 15 is 0 Å². The van der Waals surface area contributed by atoms with Crippen LogP contribution < -0.4 is 10.6 Å². The van der Waals surface area contributed by atoms with Gasteiger partial charge in [-0.15, -0.1) is 0 Å². The third-order valence-corrected chi connectivity index (χ3v) is 6.90. The Bertz CT molecular complexity index is 1470. The molecule has 5 rings (SSSR count). The SMILES string of the molecule is Cc1cccc(CNC(=O)n2nc(-c3cc(NC(=O)c4ccccc4C)ccc3O)cc2C2CCC2)c1. The normalized spacial score (nSPS) is 13.1. The van der Waals surface area contributed by atoms with Crippen molar-refractivity contribution in [3.63, 3.8) is 0 Å². The van der Waals surface area contributed by atoms with Crippen molar-refractivity contribution in [2.75, 3.05) is 5.32 Å². The maximum Gasteiger partial charge on any atom is 0.342 e. The van der Waals surface area contributed by atoms with Crippen molar-refractivity contribution in [3.8, 4) is 17.0 Å². The average molecular weight is 495 g/mol. The molecule has 3 aromatic carbocycles. The van der Waals surface area contributed by atoms with Crippen molar-refractivity contribution >= 4 is 17.6 Å². The second kappa shape index (κ2) is 10.3. The molecule has 188 valence electrons. The lowest BCUT2D eigenvalue weighted by Crippen LogP contribution is -2.31. The van der Waals surface area contributed by atoms with Gasteiger partial charge >= 0.3 is 6.03 Å². The summed E-state index contributed by atoms with van der Waals surface area (Å²) in [5, 5.41) is 21.1. The predicted molar refractivity (Wildman–Crippen MR) is 144 cm³/mol. The van der Waals surface area contributed by atoms with Crippen molar-refractivity contribution in [2.24, 2.45) is 0 Å². The summed E-state index contributed by atoms with van der Waals surface area (Å²) in [4.78, 5) is 26.0. The number of amides is 2. The third-order valence-electron chi connectivity index (χ3n) is 6.90. The van der Waals surface area contributed by atoms with Gasteiger partial charge in [0.05, 0.1) is 11.4 Å². The van der Waals surface area contributed by atoms with Gasteiger partial charge in [-0.2, -0.15) is 9.78 Å². The summed E-state index contributed by atoms with van der Waals surface area (Å²) in [5.74, 6) is 0.0434. The zero-order valence-electron chi connectivity index (χ0n) is 21.0. The lowest BCUT2D eigenvalue weighted by molar-refractivity contribution is 0.102. The quantitative estimate of drug-likeness (QED) is 0.280. The molecule has 0 atom stereocenters. The second-order valence-electron chi connectivity index (χ2n) is 9.64. The second-order valence-corrected chi connectivity index (χ2v) is 9.64. The van der Waals surface area contributed by atoms with E-state index in [4.69, 9.17) is 0 Å². The molecule has 0 bridgehead atoms. The van der Waals surface area contributed by atoms with Gasteiger partial charge in [-0.25, -0.2) is 4.79 Å². The molecule has 1 aliphatic carbocycles. The van der Waals surface area contributed by atoms with Crippen LogP contribution in [0.4, 0.5) is 10.5 Å². The lowest BCUT2D eigenvalue weighted by Gasteiger charge is -2.25. The Morgan fingerprint density at radius 1 is 1.00 bits per heavy atom. The number of anilines is 1. The minimum Gasteiger partial charge on any atom is -0.507 e. The van der Waals surface area contributed by atoms with Gasteiger partial charge in [-0.3, -0.25) is 4.79 Å². The van der Waals surface area contributed by atoms with Crippen molar-refractivity contribution < 1.29 is 14.7 Å². The molecule has 4 aromatic rings. The maximum absolute atomic E-state index is 13.2. The fourth-order valence-corrected chi connectivity index (χ4v) is 4.60. The molecule has 2 amide bonds. The third kappa shape index (κ3) is 5.26. The molecule has 1 fully saturated rings. The first-order valence-corrected chi connectivity index (χ1v) is 12.5. The van der Waals surface area contributed by atoms with E-state index < -0.39 is 0 Å². The van der Waals surface area contributed by atoms with Crippen LogP contribution >= 0.6 is 0 Å². The summed E-state index contributed by atoms with van der Waals surface area (Å²) in [5.41, 5.74) is 5.90. The molecule has 0 unspecified atom stereocenters. The van der Waals surface area contributed by atoms with Gasteiger partial charge in [0.15, 0.2) is 0 Å². The lowest BCUT2D eigenvalue weighted by atomic mass is 9.82. The number of hydrogen-bond donors (Lipinski definition) is 3. The highest BCUT2D eigenvalue weighted by Gasteiger charge is 2.27. The largest absolute Gasteiger partial charge is 0.507 e. The molecule has 37 heavy (non-hydrogen) atoms. The number of benzene rings is 3. The summed E-state index contributed by atoms with van der Waals surface area (Å²) >= 11 is 0. The Labute approximate surface area is 216 Å². The molecule has 7 nitrogen and oxygen atoms in total. The highest BCUT2D eigenvalue weighted by atomic mass is 16.3. The monoisotopic (exact) mass is 494 g/mol. The van der Waals surface area contributed by atoms with E-state index in [2.05, 4.69) is 15.7 Å². The minimum atomic E-state index is -0.307. The molecule has 0 aliphatic heterocycles. The Balaban J connectivity index is 1.41. The highest BCUT2D eigenvalue weighted by Crippen LogP contribution is 2.39. The van der Waals surface area contributed by atoms with E-state index in [1.54, 1.807) is 18.2 Å². The van der Waals surface area contributed by atoms with Gasteiger partial charge in [-0.05, 0) is 68.1 Å². The molecule has 0 spiro atoms. The number of nitrogens with zero attached hydrogens (tertiary/aromatic N) is 2. The van der Waals surface area contributed by atoms with Gasteiger partial charge in [0, 0.05) is 29.3 Å². The number of aryl methyl sites for hydroxylation is 2. The number of phenolic OH excluding ortho intramolecular Hbond substituents is 1. The highest BCUT2D eigenvalue weighted by molar-refractivity contribution is 6.05. The summed E-state index contributed by atoms with van der Waals surface area (Å²) in [6, 6.07) is 21.8. The number of rotatable bonds is 6. The Morgan fingerprint density at radius 3 is 2.54 bits per heavy atom. The molecular weight excluding hydrogens is 464 g/mol. The minimum absolute atomic E-state index is 0.0267. The van der Waals surface area contributed by atoms with Crippen molar-refractivity contribution in [2.45, 2.75) is 45.6 Å². The topological polar surface area (TPSA) is 96.3 Å². The number of aromatic nitrogens is 2. The van der Waals surface area contributed by atoms with E-state index in [0.29, 0.717) is 29.1 Å². The van der Waals surface area contributed by atoms with Crippen LogP contribution in [0.1, 0.15) is 57.9 Å². The smallest absolute Gasteiger partial charge is 0.342 e. The van der Waals surface area contributed by atoms with E-state index in [-0.39, 0.29) is 23.6 Å². The molecule has 1 saturated carbocycles. The first-order valence-electron chi connectivity index (χ1n) is 12.5. The predicted octanol–water partition coefficient (Wildman–Crippen LogP) is 6.15. The maximum atomic E-state index is 13.2. The van der Waals surface area contributed by atoms with Gasteiger partial charge in [-0.1, -0.05) is 54.4 Å². The number of hydrogen-bond acceptors (Lipinski definition) is 4.